The summed E-state index contributed by atoms with van der Waals surface area (Å²) in [6, 6.07) is 2.39. The van der Waals surface area contributed by atoms with Gasteiger partial charge < -0.3 is 9.80 Å². The molecule has 6 heteroatoms. The first-order valence-corrected chi connectivity index (χ1v) is 8.99. The van der Waals surface area contributed by atoms with Crippen LogP contribution in [0, 0.1) is 17.2 Å². The van der Waals surface area contributed by atoms with Crippen LogP contribution in [0.25, 0.3) is 0 Å². The standard InChI is InChI=1S/C19H25N5O/c1-14(2)10-18(25)23-8-5-16-17(6-9-23)21-13-22-19(16)24-7-3-4-15(11-20)12-24/h10,13,15H,3-9,12H2,1-2H3/t15-/m0/s1. The Morgan fingerprint density at radius 2 is 2.08 bits per heavy atom. The first-order valence-electron chi connectivity index (χ1n) is 8.99. The van der Waals surface area contributed by atoms with Crippen molar-refractivity contribution in [3.8, 4) is 6.07 Å². The smallest absolute Gasteiger partial charge is 0.246 e. The van der Waals surface area contributed by atoms with Crippen molar-refractivity contribution in [1.82, 2.24) is 14.9 Å². The zero-order valence-corrected chi connectivity index (χ0v) is 15.0. The summed E-state index contributed by atoms with van der Waals surface area (Å²) in [4.78, 5) is 25.5. The van der Waals surface area contributed by atoms with Gasteiger partial charge in [0.2, 0.25) is 5.91 Å². The number of hydrogen-bond acceptors (Lipinski definition) is 5. The summed E-state index contributed by atoms with van der Waals surface area (Å²) < 4.78 is 0. The van der Waals surface area contributed by atoms with Crippen LogP contribution in [-0.2, 0) is 17.6 Å². The minimum Gasteiger partial charge on any atom is -0.355 e. The van der Waals surface area contributed by atoms with Crippen molar-refractivity contribution >= 4 is 11.7 Å². The van der Waals surface area contributed by atoms with Crippen molar-refractivity contribution < 1.29 is 4.79 Å². The molecule has 0 bridgehead atoms. The average molecular weight is 339 g/mol. The highest BCUT2D eigenvalue weighted by Gasteiger charge is 2.26. The number of hydrogen-bond donors (Lipinski definition) is 0. The van der Waals surface area contributed by atoms with Crippen LogP contribution >= 0.6 is 0 Å². The number of anilines is 1. The summed E-state index contributed by atoms with van der Waals surface area (Å²) >= 11 is 0. The predicted molar refractivity (Wildman–Crippen MR) is 96.0 cm³/mol. The molecule has 3 heterocycles. The Morgan fingerprint density at radius 1 is 1.28 bits per heavy atom. The lowest BCUT2D eigenvalue weighted by Gasteiger charge is -2.32. The second-order valence-corrected chi connectivity index (χ2v) is 7.08. The molecular formula is C19H25N5O. The van der Waals surface area contributed by atoms with E-state index in [1.54, 1.807) is 12.4 Å². The molecule has 1 amide bonds. The van der Waals surface area contributed by atoms with Gasteiger partial charge >= 0.3 is 0 Å². The molecular weight excluding hydrogens is 314 g/mol. The van der Waals surface area contributed by atoms with Crippen LogP contribution in [0.3, 0.4) is 0 Å². The van der Waals surface area contributed by atoms with Crippen LogP contribution in [0.2, 0.25) is 0 Å². The van der Waals surface area contributed by atoms with Crippen LogP contribution in [-0.4, -0.2) is 47.0 Å². The van der Waals surface area contributed by atoms with Crippen molar-refractivity contribution in [2.24, 2.45) is 5.92 Å². The fraction of sp³-hybridized carbons (Fsp3) is 0.579. The van der Waals surface area contributed by atoms with Gasteiger partial charge in [0.05, 0.1) is 17.7 Å². The summed E-state index contributed by atoms with van der Waals surface area (Å²) in [5.74, 6) is 1.10. The maximum absolute atomic E-state index is 12.3. The van der Waals surface area contributed by atoms with Crippen molar-refractivity contribution in [3.63, 3.8) is 0 Å². The van der Waals surface area contributed by atoms with Crippen LogP contribution in [0.1, 0.15) is 37.9 Å². The number of carbonyl (C=O) groups excluding carboxylic acids is 1. The number of rotatable bonds is 2. The number of amides is 1. The quantitative estimate of drug-likeness (QED) is 0.772. The molecule has 0 radical (unpaired) electrons. The fourth-order valence-electron chi connectivity index (χ4n) is 3.62. The zero-order valence-electron chi connectivity index (χ0n) is 15.0. The van der Waals surface area contributed by atoms with Crippen LogP contribution < -0.4 is 4.90 Å². The van der Waals surface area contributed by atoms with E-state index in [2.05, 4.69) is 20.9 Å². The summed E-state index contributed by atoms with van der Waals surface area (Å²) in [7, 11) is 0. The second-order valence-electron chi connectivity index (χ2n) is 7.08. The van der Waals surface area contributed by atoms with Gasteiger partial charge in [0.1, 0.15) is 12.1 Å². The maximum Gasteiger partial charge on any atom is 0.246 e. The minimum absolute atomic E-state index is 0.0703. The number of fused-ring (bicyclic) bond motifs is 1. The van der Waals surface area contributed by atoms with Crippen molar-refractivity contribution in [2.45, 2.75) is 39.5 Å². The van der Waals surface area contributed by atoms with Gasteiger partial charge in [-0.25, -0.2) is 9.97 Å². The highest BCUT2D eigenvalue weighted by atomic mass is 16.2. The van der Waals surface area contributed by atoms with Gasteiger partial charge in [-0.2, -0.15) is 5.26 Å². The van der Waals surface area contributed by atoms with Crippen molar-refractivity contribution in [2.75, 3.05) is 31.1 Å². The number of allylic oxidation sites excluding steroid dienone is 1. The van der Waals surface area contributed by atoms with E-state index in [9.17, 15) is 10.1 Å². The molecule has 0 aromatic carbocycles. The number of piperidine rings is 1. The monoisotopic (exact) mass is 339 g/mol. The molecule has 2 aliphatic rings. The maximum atomic E-state index is 12.3. The molecule has 0 aliphatic carbocycles. The second kappa shape index (κ2) is 7.64. The molecule has 132 valence electrons. The van der Waals surface area contributed by atoms with Gasteiger partial charge in [-0.05, 0) is 33.1 Å². The largest absolute Gasteiger partial charge is 0.355 e. The lowest BCUT2D eigenvalue weighted by molar-refractivity contribution is -0.125. The number of nitrogens with zero attached hydrogens (tertiary/aromatic N) is 5. The Bertz CT molecular complexity index is 717. The number of aromatic nitrogens is 2. The first kappa shape index (κ1) is 17.4. The molecule has 0 spiro atoms. The SMILES string of the molecule is CC(C)=CC(=O)N1CCc2ncnc(N3CCC[C@@H](C#N)C3)c2CC1. The Kier molecular flexibility index (Phi) is 5.32. The molecule has 1 saturated heterocycles. The highest BCUT2D eigenvalue weighted by Crippen LogP contribution is 2.27. The molecule has 3 rings (SSSR count). The van der Waals surface area contributed by atoms with Crippen molar-refractivity contribution in [1.29, 1.82) is 5.26 Å². The molecule has 0 saturated carbocycles. The molecule has 6 nitrogen and oxygen atoms in total. The molecule has 2 aliphatic heterocycles. The molecule has 1 aromatic heterocycles. The summed E-state index contributed by atoms with van der Waals surface area (Å²) in [5, 5.41) is 9.25. The lowest BCUT2D eigenvalue weighted by Crippen LogP contribution is -2.36. The van der Waals surface area contributed by atoms with E-state index in [-0.39, 0.29) is 11.8 Å². The summed E-state index contributed by atoms with van der Waals surface area (Å²) in [6.45, 7) is 6.92. The van der Waals surface area contributed by atoms with E-state index >= 15 is 0 Å². The molecule has 1 fully saturated rings. The molecule has 1 aromatic rings. The van der Waals surface area contributed by atoms with E-state index in [1.807, 2.05) is 18.7 Å². The topological polar surface area (TPSA) is 73.1 Å². The average Bonchev–Trinajstić information content (AvgIpc) is 2.83. The van der Waals surface area contributed by atoms with Gasteiger partial charge in [0, 0.05) is 44.2 Å². The Hall–Kier alpha value is -2.42. The number of carbonyl (C=O) groups is 1. The first-order chi connectivity index (χ1) is 12.1. The van der Waals surface area contributed by atoms with Gasteiger partial charge in [-0.3, -0.25) is 4.79 Å². The van der Waals surface area contributed by atoms with E-state index in [1.165, 1.54) is 0 Å². The van der Waals surface area contributed by atoms with Crippen LogP contribution in [0.5, 0.6) is 0 Å². The van der Waals surface area contributed by atoms with Crippen molar-refractivity contribution in [3.05, 3.63) is 29.2 Å². The van der Waals surface area contributed by atoms with Gasteiger partial charge in [-0.15, -0.1) is 0 Å². The Balaban J connectivity index is 1.81. The Labute approximate surface area is 149 Å². The molecule has 1 atom stereocenters. The summed E-state index contributed by atoms with van der Waals surface area (Å²) in [5.41, 5.74) is 3.20. The van der Waals surface area contributed by atoms with Crippen LogP contribution in [0.4, 0.5) is 5.82 Å². The summed E-state index contributed by atoms with van der Waals surface area (Å²) in [6.07, 6.45) is 6.82. The predicted octanol–water partition coefficient (Wildman–Crippen LogP) is 2.11. The van der Waals surface area contributed by atoms with Gasteiger partial charge in [0.15, 0.2) is 0 Å². The third-order valence-corrected chi connectivity index (χ3v) is 4.89. The van der Waals surface area contributed by atoms with Gasteiger partial charge in [-0.1, -0.05) is 5.57 Å². The van der Waals surface area contributed by atoms with E-state index < -0.39 is 0 Å². The molecule has 0 unspecified atom stereocenters. The normalized spacial score (nSPS) is 20.3. The highest BCUT2D eigenvalue weighted by molar-refractivity contribution is 5.88. The minimum atomic E-state index is 0.0703. The van der Waals surface area contributed by atoms with E-state index in [0.717, 1.165) is 61.4 Å². The fourth-order valence-corrected chi connectivity index (χ4v) is 3.62. The van der Waals surface area contributed by atoms with E-state index in [4.69, 9.17) is 0 Å². The zero-order chi connectivity index (χ0) is 17.8. The third-order valence-electron chi connectivity index (χ3n) is 4.89. The van der Waals surface area contributed by atoms with Gasteiger partial charge in [0.25, 0.3) is 0 Å². The Morgan fingerprint density at radius 3 is 2.84 bits per heavy atom. The van der Waals surface area contributed by atoms with E-state index in [0.29, 0.717) is 13.1 Å². The van der Waals surface area contributed by atoms with Crippen LogP contribution in [0.15, 0.2) is 18.0 Å². The molecule has 0 N–H and O–H groups in total. The lowest BCUT2D eigenvalue weighted by atomic mass is 9.98. The third kappa shape index (κ3) is 3.98. The molecule has 25 heavy (non-hydrogen) atoms. The number of nitriles is 1.